The summed E-state index contributed by atoms with van der Waals surface area (Å²) in [5.74, 6) is 1.90. The molecule has 0 bridgehead atoms. The highest BCUT2D eigenvalue weighted by Crippen LogP contribution is 2.37. The summed E-state index contributed by atoms with van der Waals surface area (Å²) in [4.78, 5) is 13.6. The molecule has 3 rings (SSSR count). The Morgan fingerprint density at radius 2 is 2.22 bits per heavy atom. The minimum Gasteiger partial charge on any atom is -0.316 e. The average molecular weight is 282 g/mol. The zero-order chi connectivity index (χ0) is 12.5. The van der Waals surface area contributed by atoms with Crippen LogP contribution in [0.4, 0.5) is 5.00 Å². The van der Waals surface area contributed by atoms with Crippen molar-refractivity contribution in [3.63, 3.8) is 0 Å². The zero-order valence-corrected chi connectivity index (χ0v) is 12.2. The molecule has 1 aliphatic heterocycles. The Morgan fingerprint density at radius 1 is 1.39 bits per heavy atom. The van der Waals surface area contributed by atoms with Gasteiger partial charge in [0, 0.05) is 16.5 Å². The van der Waals surface area contributed by atoms with Crippen LogP contribution in [0.25, 0.3) is 0 Å². The van der Waals surface area contributed by atoms with E-state index in [2.05, 4.69) is 17.6 Å². The molecule has 3 nitrogen and oxygen atoms in total. The minimum atomic E-state index is -0.0199. The normalized spacial score (nSPS) is 22.8. The molecule has 1 fully saturated rings. The Bertz CT molecular complexity index is 464. The lowest BCUT2D eigenvalue weighted by molar-refractivity contribution is -0.117. The van der Waals surface area contributed by atoms with E-state index in [1.165, 1.54) is 41.7 Å². The number of aryl methyl sites for hydroxylation is 1. The third-order valence-electron chi connectivity index (χ3n) is 3.71. The number of amides is 1. The monoisotopic (exact) mass is 282 g/mol. The van der Waals surface area contributed by atoms with Crippen molar-refractivity contribution in [3.8, 4) is 0 Å². The molecule has 1 aromatic heterocycles. The van der Waals surface area contributed by atoms with Gasteiger partial charge in [0.1, 0.15) is 0 Å². The van der Waals surface area contributed by atoms with E-state index < -0.39 is 0 Å². The highest BCUT2D eigenvalue weighted by Gasteiger charge is 2.25. The van der Waals surface area contributed by atoms with Crippen molar-refractivity contribution in [2.45, 2.75) is 38.6 Å². The molecule has 18 heavy (non-hydrogen) atoms. The van der Waals surface area contributed by atoms with Gasteiger partial charge in [0.05, 0.1) is 11.0 Å². The molecule has 1 amide bonds. The summed E-state index contributed by atoms with van der Waals surface area (Å²) in [6, 6.07) is -0.0199. The first-order valence-corrected chi connectivity index (χ1v) is 8.46. The van der Waals surface area contributed by atoms with E-state index in [9.17, 15) is 4.79 Å². The van der Waals surface area contributed by atoms with Gasteiger partial charge in [0.2, 0.25) is 5.91 Å². The Labute approximate surface area is 116 Å². The summed E-state index contributed by atoms with van der Waals surface area (Å²) in [7, 11) is 0. The predicted octanol–water partition coefficient (Wildman–Crippen LogP) is 2.54. The van der Waals surface area contributed by atoms with Gasteiger partial charge in [-0.15, -0.1) is 23.1 Å². The van der Waals surface area contributed by atoms with Gasteiger partial charge >= 0.3 is 0 Å². The number of hydrogen-bond acceptors (Lipinski definition) is 4. The summed E-state index contributed by atoms with van der Waals surface area (Å²) >= 11 is 3.57. The molecule has 0 saturated carbocycles. The topological polar surface area (TPSA) is 41.1 Å². The summed E-state index contributed by atoms with van der Waals surface area (Å²) in [5, 5.41) is 7.40. The van der Waals surface area contributed by atoms with E-state index in [4.69, 9.17) is 0 Å². The third kappa shape index (κ3) is 2.31. The highest BCUT2D eigenvalue weighted by atomic mass is 32.2. The van der Waals surface area contributed by atoms with Gasteiger partial charge in [-0.3, -0.25) is 10.1 Å². The molecular formula is C13H18N2OS2. The van der Waals surface area contributed by atoms with Crippen molar-refractivity contribution in [2.75, 3.05) is 16.9 Å². The molecule has 1 aromatic rings. The van der Waals surface area contributed by atoms with E-state index in [1.54, 1.807) is 23.1 Å². The second-order valence-corrected chi connectivity index (χ2v) is 7.06. The summed E-state index contributed by atoms with van der Waals surface area (Å²) in [6.45, 7) is 2.15. The van der Waals surface area contributed by atoms with E-state index in [0.717, 1.165) is 16.6 Å². The second kappa shape index (κ2) is 5.23. The number of rotatable bonds is 2. The first-order chi connectivity index (χ1) is 8.75. The fourth-order valence-corrected chi connectivity index (χ4v) is 4.85. The largest absolute Gasteiger partial charge is 0.316 e. The van der Waals surface area contributed by atoms with Crippen LogP contribution >= 0.6 is 23.1 Å². The molecule has 1 unspecified atom stereocenters. The van der Waals surface area contributed by atoms with Crippen molar-refractivity contribution < 1.29 is 4.79 Å². The molecule has 0 spiro atoms. The fraction of sp³-hybridized carbons (Fsp3) is 0.615. The Balaban J connectivity index is 1.76. The predicted molar refractivity (Wildman–Crippen MR) is 78.6 cm³/mol. The summed E-state index contributed by atoms with van der Waals surface area (Å²) in [5.41, 5.74) is 2.80. The van der Waals surface area contributed by atoms with Gasteiger partial charge in [0.15, 0.2) is 0 Å². The Morgan fingerprint density at radius 3 is 2.94 bits per heavy atom. The van der Waals surface area contributed by atoms with E-state index in [1.807, 2.05) is 0 Å². The van der Waals surface area contributed by atoms with Crippen LogP contribution in [0, 0.1) is 6.92 Å². The number of thiophene rings is 1. The van der Waals surface area contributed by atoms with Gasteiger partial charge in [-0.1, -0.05) is 0 Å². The number of carbonyl (C=O) groups is 1. The lowest BCUT2D eigenvalue weighted by Crippen LogP contribution is -2.37. The highest BCUT2D eigenvalue weighted by molar-refractivity contribution is 7.99. The molecule has 2 N–H and O–H groups in total. The van der Waals surface area contributed by atoms with Gasteiger partial charge in [-0.2, -0.15) is 0 Å². The third-order valence-corrected chi connectivity index (χ3v) is 5.95. The van der Waals surface area contributed by atoms with E-state index in [0.29, 0.717) is 0 Å². The second-order valence-electron chi connectivity index (χ2n) is 4.93. The van der Waals surface area contributed by atoms with Crippen LogP contribution < -0.4 is 10.6 Å². The lowest BCUT2D eigenvalue weighted by atomic mass is 9.96. The molecule has 5 heteroatoms. The molecule has 2 heterocycles. The number of carbonyl (C=O) groups excluding carboxylic acids is 1. The van der Waals surface area contributed by atoms with Gasteiger partial charge in [-0.05, 0) is 43.7 Å². The maximum atomic E-state index is 12.1. The minimum absolute atomic E-state index is 0.0199. The maximum Gasteiger partial charge on any atom is 0.242 e. The Kier molecular flexibility index (Phi) is 3.63. The van der Waals surface area contributed by atoms with Crippen molar-refractivity contribution >= 4 is 34.0 Å². The van der Waals surface area contributed by atoms with Gasteiger partial charge < -0.3 is 5.32 Å². The molecule has 1 atom stereocenters. The van der Waals surface area contributed by atoms with Crippen LogP contribution in [0.2, 0.25) is 0 Å². The standard InChI is InChI=1S/C13H18N2OS2/c1-8-9-4-2-3-5-11(9)18-13(8)15-12(16)10-6-17-7-14-10/h10,14H,2-7H2,1H3,(H,15,16). The molecule has 0 aromatic carbocycles. The number of hydrogen-bond donors (Lipinski definition) is 2. The van der Waals surface area contributed by atoms with Crippen molar-refractivity contribution in [1.29, 1.82) is 0 Å². The summed E-state index contributed by atoms with van der Waals surface area (Å²) in [6.07, 6.45) is 4.96. The van der Waals surface area contributed by atoms with Crippen molar-refractivity contribution in [1.82, 2.24) is 5.32 Å². The number of nitrogens with one attached hydrogen (secondary N) is 2. The van der Waals surface area contributed by atoms with E-state index in [-0.39, 0.29) is 11.9 Å². The van der Waals surface area contributed by atoms with E-state index >= 15 is 0 Å². The van der Waals surface area contributed by atoms with Gasteiger partial charge in [0.25, 0.3) is 0 Å². The van der Waals surface area contributed by atoms with Crippen LogP contribution in [0.15, 0.2) is 0 Å². The first kappa shape index (κ1) is 12.5. The first-order valence-electron chi connectivity index (χ1n) is 6.49. The molecule has 0 radical (unpaired) electrons. The SMILES string of the molecule is Cc1c(NC(=O)C2CSCN2)sc2c1CCCC2. The maximum absolute atomic E-state index is 12.1. The number of anilines is 1. The quantitative estimate of drug-likeness (QED) is 0.876. The van der Waals surface area contributed by atoms with Crippen LogP contribution in [0.3, 0.4) is 0 Å². The molecule has 98 valence electrons. The Hall–Kier alpha value is -0.520. The number of fused-ring (bicyclic) bond motifs is 1. The van der Waals surface area contributed by atoms with Crippen LogP contribution in [0.1, 0.15) is 28.8 Å². The van der Waals surface area contributed by atoms with Gasteiger partial charge in [-0.25, -0.2) is 0 Å². The van der Waals surface area contributed by atoms with Crippen LogP contribution in [-0.4, -0.2) is 23.6 Å². The average Bonchev–Trinajstić information content (AvgIpc) is 3.00. The molecule has 2 aliphatic rings. The smallest absolute Gasteiger partial charge is 0.242 e. The fourth-order valence-electron chi connectivity index (χ4n) is 2.61. The van der Waals surface area contributed by atoms with Crippen LogP contribution in [-0.2, 0) is 17.6 Å². The van der Waals surface area contributed by atoms with Crippen LogP contribution in [0.5, 0.6) is 0 Å². The molecular weight excluding hydrogens is 264 g/mol. The molecule has 1 aliphatic carbocycles. The zero-order valence-electron chi connectivity index (χ0n) is 10.5. The molecule has 1 saturated heterocycles. The van der Waals surface area contributed by atoms with Crippen molar-refractivity contribution in [2.24, 2.45) is 0 Å². The summed E-state index contributed by atoms with van der Waals surface area (Å²) < 4.78 is 0. The van der Waals surface area contributed by atoms with Crippen molar-refractivity contribution in [3.05, 3.63) is 16.0 Å². The lowest BCUT2D eigenvalue weighted by Gasteiger charge is -2.11. The number of thioether (sulfide) groups is 1.